The van der Waals surface area contributed by atoms with Crippen LogP contribution >= 0.6 is 11.8 Å². The van der Waals surface area contributed by atoms with Crippen LogP contribution in [0.2, 0.25) is 0 Å². The van der Waals surface area contributed by atoms with E-state index in [1.165, 1.54) is 17.8 Å². The Morgan fingerprint density at radius 2 is 1.92 bits per heavy atom. The Kier molecular flexibility index (Phi) is 5.80. The summed E-state index contributed by atoms with van der Waals surface area (Å²) in [6.07, 6.45) is 3.95. The van der Waals surface area contributed by atoms with E-state index in [-0.39, 0.29) is 10.6 Å². The Hall–Kier alpha value is -2.93. The van der Waals surface area contributed by atoms with E-state index in [4.69, 9.17) is 0 Å². The van der Waals surface area contributed by atoms with Gasteiger partial charge in [0, 0.05) is 24.4 Å². The maximum absolute atomic E-state index is 10.9. The van der Waals surface area contributed by atoms with Gasteiger partial charge in [0.2, 0.25) is 0 Å². The van der Waals surface area contributed by atoms with Gasteiger partial charge in [-0.2, -0.15) is 0 Å². The maximum atomic E-state index is 10.9. The molecule has 7 heteroatoms. The Morgan fingerprint density at radius 1 is 1.12 bits per heavy atom. The van der Waals surface area contributed by atoms with E-state index >= 15 is 0 Å². The van der Waals surface area contributed by atoms with Crippen LogP contribution in [0.25, 0.3) is 12.2 Å². The van der Waals surface area contributed by atoms with Crippen molar-refractivity contribution in [2.24, 2.45) is 0 Å². The largest absolute Gasteiger partial charge is 0.303 e. The molecular formula is C19H18N4O2S. The number of nitro benzene ring substituents is 1. The lowest BCUT2D eigenvalue weighted by atomic mass is 10.2. The van der Waals surface area contributed by atoms with Gasteiger partial charge in [-0.15, -0.1) is 10.2 Å². The molecule has 1 aromatic heterocycles. The molecule has 0 aliphatic rings. The molecule has 0 radical (unpaired) electrons. The van der Waals surface area contributed by atoms with Gasteiger partial charge < -0.3 is 4.57 Å². The molecule has 1 heterocycles. The molecule has 26 heavy (non-hydrogen) atoms. The lowest BCUT2D eigenvalue weighted by Gasteiger charge is -2.05. The van der Waals surface area contributed by atoms with Gasteiger partial charge in [-0.3, -0.25) is 10.1 Å². The van der Waals surface area contributed by atoms with Crippen molar-refractivity contribution in [1.29, 1.82) is 0 Å². The minimum Gasteiger partial charge on any atom is -0.303 e. The van der Waals surface area contributed by atoms with Crippen molar-refractivity contribution in [2.75, 3.05) is 0 Å². The van der Waals surface area contributed by atoms with Crippen LogP contribution in [-0.4, -0.2) is 19.7 Å². The predicted octanol–water partition coefficient (Wildman–Crippen LogP) is 4.67. The SMILES string of the molecule is CCn1c(/C=C/c2ccccc2)nnc1SCc1cccc([N+](=O)[O-])c1. The first kappa shape index (κ1) is 17.9. The number of hydrogen-bond acceptors (Lipinski definition) is 5. The third-order valence-corrected chi connectivity index (χ3v) is 4.81. The molecule has 132 valence electrons. The lowest BCUT2D eigenvalue weighted by molar-refractivity contribution is -0.384. The molecule has 0 aliphatic heterocycles. The third kappa shape index (κ3) is 4.37. The average molecular weight is 366 g/mol. The van der Waals surface area contributed by atoms with Gasteiger partial charge in [0.15, 0.2) is 11.0 Å². The van der Waals surface area contributed by atoms with Crippen molar-refractivity contribution in [3.05, 3.63) is 81.7 Å². The molecule has 0 fully saturated rings. The summed E-state index contributed by atoms with van der Waals surface area (Å²) in [6, 6.07) is 16.7. The van der Waals surface area contributed by atoms with Gasteiger partial charge >= 0.3 is 0 Å². The number of non-ortho nitro benzene ring substituents is 1. The highest BCUT2D eigenvalue weighted by Gasteiger charge is 2.11. The first-order valence-corrected chi connectivity index (χ1v) is 9.18. The number of aromatic nitrogens is 3. The predicted molar refractivity (Wildman–Crippen MR) is 104 cm³/mol. The summed E-state index contributed by atoms with van der Waals surface area (Å²) in [4.78, 5) is 10.5. The topological polar surface area (TPSA) is 73.8 Å². The second kappa shape index (κ2) is 8.44. The third-order valence-electron chi connectivity index (χ3n) is 3.78. The first-order chi connectivity index (χ1) is 12.7. The van der Waals surface area contributed by atoms with Crippen molar-refractivity contribution in [2.45, 2.75) is 24.4 Å². The molecule has 0 atom stereocenters. The molecule has 2 aromatic carbocycles. The average Bonchev–Trinajstić information content (AvgIpc) is 3.07. The molecule has 0 saturated heterocycles. The van der Waals surface area contributed by atoms with Crippen molar-refractivity contribution in [3.63, 3.8) is 0 Å². The van der Waals surface area contributed by atoms with Crippen LogP contribution < -0.4 is 0 Å². The Morgan fingerprint density at radius 3 is 2.65 bits per heavy atom. The zero-order chi connectivity index (χ0) is 18.4. The zero-order valence-corrected chi connectivity index (χ0v) is 15.1. The standard InChI is InChI=1S/C19H18N4O2S/c1-2-22-18(12-11-15-7-4-3-5-8-15)20-21-19(22)26-14-16-9-6-10-17(13-16)23(24)25/h3-13H,2,14H2,1H3/b12-11+. The molecule has 0 amide bonds. The summed E-state index contributed by atoms with van der Waals surface area (Å²) in [6.45, 7) is 2.79. The highest BCUT2D eigenvalue weighted by Crippen LogP contribution is 2.24. The molecule has 0 spiro atoms. The number of rotatable bonds is 7. The van der Waals surface area contributed by atoms with Crippen molar-refractivity contribution >= 4 is 29.6 Å². The van der Waals surface area contributed by atoms with Crippen molar-refractivity contribution in [3.8, 4) is 0 Å². The highest BCUT2D eigenvalue weighted by atomic mass is 32.2. The van der Waals surface area contributed by atoms with Crippen molar-refractivity contribution < 1.29 is 4.92 Å². The van der Waals surface area contributed by atoms with E-state index in [0.29, 0.717) is 5.75 Å². The smallest absolute Gasteiger partial charge is 0.269 e. The van der Waals surface area contributed by atoms with Crippen LogP contribution in [0, 0.1) is 10.1 Å². The zero-order valence-electron chi connectivity index (χ0n) is 14.3. The van der Waals surface area contributed by atoms with Crippen LogP contribution in [0.15, 0.2) is 59.8 Å². The van der Waals surface area contributed by atoms with Crippen LogP contribution in [0.4, 0.5) is 5.69 Å². The van der Waals surface area contributed by atoms with Crippen LogP contribution in [-0.2, 0) is 12.3 Å². The molecule has 0 unspecified atom stereocenters. The Balaban J connectivity index is 1.73. The van der Waals surface area contributed by atoms with E-state index in [0.717, 1.165) is 28.7 Å². The van der Waals surface area contributed by atoms with Gasteiger partial charge in [-0.1, -0.05) is 60.3 Å². The molecule has 0 N–H and O–H groups in total. The number of nitro groups is 1. The van der Waals surface area contributed by atoms with Crippen LogP contribution in [0.5, 0.6) is 0 Å². The number of nitrogens with zero attached hydrogens (tertiary/aromatic N) is 4. The van der Waals surface area contributed by atoms with Crippen LogP contribution in [0.3, 0.4) is 0 Å². The summed E-state index contributed by atoms with van der Waals surface area (Å²) in [5.74, 6) is 1.39. The first-order valence-electron chi connectivity index (χ1n) is 8.20. The lowest BCUT2D eigenvalue weighted by Crippen LogP contribution is -1.99. The van der Waals surface area contributed by atoms with Crippen LogP contribution in [0.1, 0.15) is 23.9 Å². The normalized spacial score (nSPS) is 11.1. The number of benzene rings is 2. The number of thioether (sulfide) groups is 1. The summed E-state index contributed by atoms with van der Waals surface area (Å²) in [5.41, 5.74) is 2.09. The molecule has 0 saturated carbocycles. The van der Waals surface area contributed by atoms with Gasteiger partial charge in [0.05, 0.1) is 4.92 Å². The molecule has 0 bridgehead atoms. The summed E-state index contributed by atoms with van der Waals surface area (Å²) in [7, 11) is 0. The van der Waals surface area contributed by atoms with Gasteiger partial charge in [0.25, 0.3) is 5.69 Å². The number of hydrogen-bond donors (Lipinski definition) is 0. The molecule has 0 aliphatic carbocycles. The van der Waals surface area contributed by atoms with E-state index in [9.17, 15) is 10.1 Å². The van der Waals surface area contributed by atoms with E-state index in [1.54, 1.807) is 12.1 Å². The minimum absolute atomic E-state index is 0.103. The van der Waals surface area contributed by atoms with Gasteiger partial charge in [-0.25, -0.2) is 0 Å². The monoisotopic (exact) mass is 366 g/mol. The molecule has 3 aromatic rings. The summed E-state index contributed by atoms with van der Waals surface area (Å²) >= 11 is 1.52. The molecule has 3 rings (SSSR count). The van der Waals surface area contributed by atoms with Crippen molar-refractivity contribution in [1.82, 2.24) is 14.8 Å². The Bertz CT molecular complexity index is 922. The second-order valence-corrected chi connectivity index (χ2v) is 6.49. The Labute approximate surface area is 155 Å². The molecule has 6 nitrogen and oxygen atoms in total. The maximum Gasteiger partial charge on any atom is 0.269 e. The van der Waals surface area contributed by atoms with E-state index in [1.807, 2.05) is 60.0 Å². The minimum atomic E-state index is -0.380. The fourth-order valence-corrected chi connectivity index (χ4v) is 3.42. The fraction of sp³-hybridized carbons (Fsp3) is 0.158. The van der Waals surface area contributed by atoms with E-state index in [2.05, 4.69) is 10.2 Å². The molecular weight excluding hydrogens is 348 g/mol. The second-order valence-electron chi connectivity index (χ2n) is 5.54. The quantitative estimate of drug-likeness (QED) is 0.345. The van der Waals surface area contributed by atoms with E-state index < -0.39 is 0 Å². The van der Waals surface area contributed by atoms with Gasteiger partial charge in [-0.05, 0) is 24.1 Å². The summed E-state index contributed by atoms with van der Waals surface area (Å²) in [5, 5.41) is 20.2. The summed E-state index contributed by atoms with van der Waals surface area (Å²) < 4.78 is 2.03. The fourth-order valence-electron chi connectivity index (χ4n) is 2.47. The van der Waals surface area contributed by atoms with Gasteiger partial charge in [0.1, 0.15) is 0 Å². The highest BCUT2D eigenvalue weighted by molar-refractivity contribution is 7.98.